The lowest BCUT2D eigenvalue weighted by Gasteiger charge is -2.19. The molecule has 0 aromatic carbocycles. The first-order chi connectivity index (χ1) is 11.3. The van der Waals surface area contributed by atoms with Gasteiger partial charge in [-0.25, -0.2) is 4.99 Å². The van der Waals surface area contributed by atoms with E-state index in [9.17, 15) is 4.79 Å². The van der Waals surface area contributed by atoms with Gasteiger partial charge in [0.15, 0.2) is 5.96 Å². The van der Waals surface area contributed by atoms with Crippen molar-refractivity contribution in [3.63, 3.8) is 0 Å². The van der Waals surface area contributed by atoms with Gasteiger partial charge >= 0.3 is 5.97 Å². The molecule has 0 fully saturated rings. The van der Waals surface area contributed by atoms with E-state index in [4.69, 9.17) is 9.15 Å². The Morgan fingerprint density at radius 2 is 2.00 bits per heavy atom. The van der Waals surface area contributed by atoms with Crippen LogP contribution in [-0.4, -0.2) is 37.2 Å². The summed E-state index contributed by atoms with van der Waals surface area (Å²) in [6.45, 7) is 13.0. The van der Waals surface area contributed by atoms with Crippen LogP contribution >= 0.6 is 24.0 Å². The summed E-state index contributed by atoms with van der Waals surface area (Å²) in [5.74, 6) is 1.33. The Morgan fingerprint density at radius 1 is 1.32 bits per heavy atom. The normalized spacial score (nSPS) is 11.4. The standard InChI is InChI=1S/C18H29N3O3.HI/c1-14(2)13-21-17(19-10-8-15-7-6-12-23-15)20-11-9-16(22)24-18(3,4)5;/h6-7,12H,1,8-11,13H2,2-5H3,(H2,19,20,21);1H. The number of esters is 1. The molecular formula is C18H30IN3O3. The van der Waals surface area contributed by atoms with Gasteiger partial charge in [0, 0.05) is 19.5 Å². The number of hydrogen-bond donors (Lipinski definition) is 2. The van der Waals surface area contributed by atoms with Crippen LogP contribution in [0.4, 0.5) is 0 Å². The molecule has 0 amide bonds. The number of ether oxygens (including phenoxy) is 1. The van der Waals surface area contributed by atoms with Gasteiger partial charge in [0.2, 0.25) is 0 Å². The van der Waals surface area contributed by atoms with Crippen molar-refractivity contribution < 1.29 is 13.9 Å². The second-order valence-electron chi connectivity index (χ2n) is 6.64. The predicted octanol–water partition coefficient (Wildman–Crippen LogP) is 3.28. The lowest BCUT2D eigenvalue weighted by molar-refractivity contribution is -0.154. The Kier molecular flexibility index (Phi) is 11.2. The number of nitrogens with zero attached hydrogens (tertiary/aromatic N) is 1. The molecule has 0 atom stereocenters. The highest BCUT2D eigenvalue weighted by Crippen LogP contribution is 2.07. The SMILES string of the molecule is C=C(C)CN=C(NCCC(=O)OC(C)(C)C)NCCc1ccco1.I. The number of furan rings is 1. The first-order valence-electron chi connectivity index (χ1n) is 8.17. The van der Waals surface area contributed by atoms with Crippen molar-refractivity contribution in [1.82, 2.24) is 10.6 Å². The van der Waals surface area contributed by atoms with Crippen LogP contribution in [0.1, 0.15) is 39.9 Å². The molecule has 0 unspecified atom stereocenters. The average molecular weight is 463 g/mol. The second kappa shape index (κ2) is 11.9. The van der Waals surface area contributed by atoms with Crippen LogP contribution < -0.4 is 10.6 Å². The highest BCUT2D eigenvalue weighted by atomic mass is 127. The Hall–Kier alpha value is -1.51. The first-order valence-corrected chi connectivity index (χ1v) is 8.17. The molecule has 25 heavy (non-hydrogen) atoms. The summed E-state index contributed by atoms with van der Waals surface area (Å²) in [6.07, 6.45) is 2.69. The van der Waals surface area contributed by atoms with Gasteiger partial charge in [-0.15, -0.1) is 24.0 Å². The van der Waals surface area contributed by atoms with E-state index in [0.717, 1.165) is 17.8 Å². The lowest BCUT2D eigenvalue weighted by atomic mass is 10.2. The van der Waals surface area contributed by atoms with Gasteiger partial charge in [-0.2, -0.15) is 0 Å². The van der Waals surface area contributed by atoms with E-state index in [1.807, 2.05) is 39.8 Å². The summed E-state index contributed by atoms with van der Waals surface area (Å²) in [4.78, 5) is 16.2. The third-order valence-corrected chi connectivity index (χ3v) is 2.79. The number of guanidine groups is 1. The fourth-order valence-electron chi connectivity index (χ4n) is 1.82. The average Bonchev–Trinajstić information content (AvgIpc) is 2.95. The van der Waals surface area contributed by atoms with E-state index in [1.54, 1.807) is 6.26 Å². The maximum absolute atomic E-state index is 11.7. The summed E-state index contributed by atoms with van der Waals surface area (Å²) in [5, 5.41) is 6.36. The van der Waals surface area contributed by atoms with E-state index in [2.05, 4.69) is 22.2 Å². The van der Waals surface area contributed by atoms with E-state index in [-0.39, 0.29) is 36.4 Å². The van der Waals surface area contributed by atoms with Crippen LogP contribution in [-0.2, 0) is 16.0 Å². The molecule has 0 saturated heterocycles. The van der Waals surface area contributed by atoms with Crippen LogP contribution in [0.3, 0.4) is 0 Å². The number of aliphatic imine (C=N–C) groups is 1. The van der Waals surface area contributed by atoms with Crippen LogP contribution in [0.5, 0.6) is 0 Å². The van der Waals surface area contributed by atoms with Crippen LogP contribution in [0.25, 0.3) is 0 Å². The molecule has 0 radical (unpaired) electrons. The molecule has 1 rings (SSSR count). The number of carbonyl (C=O) groups excluding carboxylic acids is 1. The number of carbonyl (C=O) groups is 1. The molecular weight excluding hydrogens is 433 g/mol. The zero-order valence-corrected chi connectivity index (χ0v) is 17.9. The van der Waals surface area contributed by atoms with Gasteiger partial charge in [-0.3, -0.25) is 4.79 Å². The van der Waals surface area contributed by atoms with Crippen molar-refractivity contribution in [2.45, 2.75) is 46.1 Å². The zero-order valence-electron chi connectivity index (χ0n) is 15.6. The van der Waals surface area contributed by atoms with E-state index >= 15 is 0 Å². The third kappa shape index (κ3) is 12.5. The molecule has 0 aliphatic carbocycles. The molecule has 7 heteroatoms. The molecule has 142 valence electrons. The maximum Gasteiger partial charge on any atom is 0.308 e. The van der Waals surface area contributed by atoms with E-state index in [1.165, 1.54) is 0 Å². The van der Waals surface area contributed by atoms with Gasteiger partial charge in [-0.1, -0.05) is 12.2 Å². The van der Waals surface area contributed by atoms with Crippen LogP contribution in [0.2, 0.25) is 0 Å². The van der Waals surface area contributed by atoms with Gasteiger partial charge < -0.3 is 19.8 Å². The molecule has 0 saturated carbocycles. The van der Waals surface area contributed by atoms with Crippen molar-refractivity contribution in [1.29, 1.82) is 0 Å². The lowest BCUT2D eigenvalue weighted by Crippen LogP contribution is -2.40. The van der Waals surface area contributed by atoms with Crippen LogP contribution in [0, 0.1) is 0 Å². The Balaban J connectivity index is 0.00000576. The maximum atomic E-state index is 11.7. The molecule has 0 aliphatic heterocycles. The molecule has 1 aromatic rings. The topological polar surface area (TPSA) is 75.9 Å². The monoisotopic (exact) mass is 463 g/mol. The fraction of sp³-hybridized carbons (Fsp3) is 0.556. The summed E-state index contributed by atoms with van der Waals surface area (Å²) < 4.78 is 10.6. The predicted molar refractivity (Wildman–Crippen MR) is 111 cm³/mol. The molecule has 1 heterocycles. The van der Waals surface area contributed by atoms with Gasteiger partial charge in [-0.05, 0) is 39.8 Å². The van der Waals surface area contributed by atoms with Crippen molar-refractivity contribution in [3.8, 4) is 0 Å². The smallest absolute Gasteiger partial charge is 0.308 e. The third-order valence-electron chi connectivity index (χ3n) is 2.79. The molecule has 0 bridgehead atoms. The van der Waals surface area contributed by atoms with Gasteiger partial charge in [0.1, 0.15) is 11.4 Å². The van der Waals surface area contributed by atoms with Crippen molar-refractivity contribution in [2.24, 2.45) is 4.99 Å². The highest BCUT2D eigenvalue weighted by Gasteiger charge is 2.15. The fourth-order valence-corrected chi connectivity index (χ4v) is 1.82. The van der Waals surface area contributed by atoms with Gasteiger partial charge in [0.25, 0.3) is 0 Å². The quantitative estimate of drug-likeness (QED) is 0.204. The minimum Gasteiger partial charge on any atom is -0.469 e. The summed E-state index contributed by atoms with van der Waals surface area (Å²) in [5.41, 5.74) is 0.504. The molecule has 0 spiro atoms. The van der Waals surface area contributed by atoms with Crippen LogP contribution in [0.15, 0.2) is 40.0 Å². The highest BCUT2D eigenvalue weighted by molar-refractivity contribution is 14.0. The van der Waals surface area contributed by atoms with E-state index in [0.29, 0.717) is 25.6 Å². The number of nitrogens with one attached hydrogen (secondary N) is 2. The minimum atomic E-state index is -0.463. The summed E-state index contributed by atoms with van der Waals surface area (Å²) in [7, 11) is 0. The molecule has 1 aromatic heterocycles. The molecule has 0 aliphatic rings. The second-order valence-corrected chi connectivity index (χ2v) is 6.64. The van der Waals surface area contributed by atoms with Gasteiger partial charge in [0.05, 0.1) is 19.2 Å². The molecule has 2 N–H and O–H groups in total. The Morgan fingerprint density at radius 3 is 2.56 bits per heavy atom. The van der Waals surface area contributed by atoms with Crippen molar-refractivity contribution in [2.75, 3.05) is 19.6 Å². The largest absolute Gasteiger partial charge is 0.469 e. The van der Waals surface area contributed by atoms with Crippen molar-refractivity contribution >= 4 is 35.9 Å². The zero-order chi connectivity index (χ0) is 18.0. The number of rotatable bonds is 8. The number of halogens is 1. The molecule has 6 nitrogen and oxygen atoms in total. The Labute approximate surface area is 167 Å². The first kappa shape index (κ1) is 23.5. The summed E-state index contributed by atoms with van der Waals surface area (Å²) in [6, 6.07) is 3.80. The Bertz CT molecular complexity index is 548. The summed E-state index contributed by atoms with van der Waals surface area (Å²) >= 11 is 0. The minimum absolute atomic E-state index is 0. The van der Waals surface area contributed by atoms with E-state index < -0.39 is 5.60 Å². The number of hydrogen-bond acceptors (Lipinski definition) is 4. The van der Waals surface area contributed by atoms with Crippen molar-refractivity contribution in [3.05, 3.63) is 36.3 Å².